The molecule has 2 amide bonds. The summed E-state index contributed by atoms with van der Waals surface area (Å²) in [5, 5.41) is 0.990. The Balaban J connectivity index is 1.35. The predicted octanol–water partition coefficient (Wildman–Crippen LogP) is 2.12. The van der Waals surface area contributed by atoms with Crippen LogP contribution in [0.5, 0.6) is 0 Å². The third kappa shape index (κ3) is 3.73. The number of aromatic amines is 1. The van der Waals surface area contributed by atoms with Crippen LogP contribution in [0.2, 0.25) is 0 Å². The number of para-hydroxylation sites is 1. The zero-order valence-electron chi connectivity index (χ0n) is 15.1. The second kappa shape index (κ2) is 7.56. The molecule has 4 rings (SSSR count). The minimum Gasteiger partial charge on any atom is -0.457 e. The van der Waals surface area contributed by atoms with E-state index in [-0.39, 0.29) is 17.4 Å². The maximum atomic E-state index is 12.5. The van der Waals surface area contributed by atoms with Crippen molar-refractivity contribution >= 4 is 28.9 Å². The van der Waals surface area contributed by atoms with E-state index < -0.39 is 0 Å². The summed E-state index contributed by atoms with van der Waals surface area (Å²) < 4.78 is 5.68. The number of pyridine rings is 1. The average molecular weight is 377 g/mol. The Morgan fingerprint density at radius 1 is 1.00 bits per heavy atom. The quantitative estimate of drug-likeness (QED) is 0.709. The van der Waals surface area contributed by atoms with Crippen molar-refractivity contribution in [3.05, 3.63) is 76.4 Å². The van der Waals surface area contributed by atoms with Gasteiger partial charge in [-0.1, -0.05) is 18.2 Å². The number of nitrogens with one attached hydrogen (secondary N) is 1. The van der Waals surface area contributed by atoms with Gasteiger partial charge in [-0.2, -0.15) is 0 Å². The number of benzene rings is 1. The summed E-state index contributed by atoms with van der Waals surface area (Å²) in [5.74, 6) is 0.360. The van der Waals surface area contributed by atoms with Gasteiger partial charge in [-0.3, -0.25) is 14.4 Å². The van der Waals surface area contributed by atoms with Crippen molar-refractivity contribution in [1.82, 2.24) is 14.8 Å². The molecular formula is C21H19N3O4. The van der Waals surface area contributed by atoms with E-state index in [0.717, 1.165) is 11.0 Å². The molecule has 3 aromatic rings. The number of carbonyl (C=O) groups excluding carboxylic acids is 2. The second-order valence-corrected chi connectivity index (χ2v) is 6.58. The fourth-order valence-corrected chi connectivity index (χ4v) is 3.20. The van der Waals surface area contributed by atoms with Gasteiger partial charge in [0.15, 0.2) is 0 Å². The predicted molar refractivity (Wildman–Crippen MR) is 105 cm³/mol. The van der Waals surface area contributed by atoms with Crippen molar-refractivity contribution in [3.63, 3.8) is 0 Å². The Hall–Kier alpha value is -3.61. The molecule has 0 saturated carbocycles. The van der Waals surface area contributed by atoms with Crippen LogP contribution in [-0.4, -0.2) is 52.8 Å². The Morgan fingerprint density at radius 3 is 2.46 bits per heavy atom. The zero-order valence-corrected chi connectivity index (χ0v) is 15.1. The van der Waals surface area contributed by atoms with Gasteiger partial charge in [0, 0.05) is 49.9 Å². The molecular weight excluding hydrogens is 358 g/mol. The van der Waals surface area contributed by atoms with E-state index >= 15 is 0 Å². The number of carbonyl (C=O) groups is 2. The molecule has 0 radical (unpaired) electrons. The first-order chi connectivity index (χ1) is 13.6. The van der Waals surface area contributed by atoms with Crippen molar-refractivity contribution in [2.24, 2.45) is 0 Å². The summed E-state index contributed by atoms with van der Waals surface area (Å²) in [6.07, 6.45) is 4.58. The van der Waals surface area contributed by atoms with Crippen LogP contribution in [-0.2, 0) is 4.79 Å². The van der Waals surface area contributed by atoms with Gasteiger partial charge in [0.1, 0.15) is 11.3 Å². The summed E-state index contributed by atoms with van der Waals surface area (Å²) >= 11 is 0. The molecule has 1 aliphatic rings. The monoisotopic (exact) mass is 377 g/mol. The standard InChI is InChI=1S/C21H19N3O4/c25-19-7-5-16(14-22-19)21(27)24-11-9-23(10-12-24)20(26)8-6-17-13-15-3-1-2-4-18(15)28-17/h1-8,13-14H,9-12H2,(H,22,25). The van der Waals surface area contributed by atoms with Gasteiger partial charge in [0.2, 0.25) is 11.5 Å². The van der Waals surface area contributed by atoms with E-state index in [1.807, 2.05) is 30.3 Å². The Bertz CT molecular complexity index is 1050. The van der Waals surface area contributed by atoms with E-state index in [2.05, 4.69) is 4.98 Å². The van der Waals surface area contributed by atoms with Gasteiger partial charge < -0.3 is 19.2 Å². The zero-order chi connectivity index (χ0) is 19.5. The molecule has 0 spiro atoms. The van der Waals surface area contributed by atoms with Crippen LogP contribution < -0.4 is 5.56 Å². The van der Waals surface area contributed by atoms with E-state index in [9.17, 15) is 14.4 Å². The second-order valence-electron chi connectivity index (χ2n) is 6.58. The van der Waals surface area contributed by atoms with Gasteiger partial charge >= 0.3 is 0 Å². The van der Waals surface area contributed by atoms with Crippen LogP contribution in [0.25, 0.3) is 17.0 Å². The van der Waals surface area contributed by atoms with Crippen molar-refractivity contribution < 1.29 is 14.0 Å². The number of hydrogen-bond donors (Lipinski definition) is 1. The number of rotatable bonds is 3. The van der Waals surface area contributed by atoms with E-state index in [0.29, 0.717) is 37.5 Å². The first-order valence-corrected chi connectivity index (χ1v) is 9.04. The number of furan rings is 1. The van der Waals surface area contributed by atoms with Crippen molar-refractivity contribution in [2.45, 2.75) is 0 Å². The molecule has 7 heteroatoms. The van der Waals surface area contributed by atoms with Crippen LogP contribution in [0.4, 0.5) is 0 Å². The van der Waals surface area contributed by atoms with E-state index in [1.165, 1.54) is 24.4 Å². The van der Waals surface area contributed by atoms with Crippen LogP contribution in [0.15, 0.2) is 63.9 Å². The Morgan fingerprint density at radius 2 is 1.75 bits per heavy atom. The lowest BCUT2D eigenvalue weighted by Gasteiger charge is -2.34. The lowest BCUT2D eigenvalue weighted by atomic mass is 10.2. The molecule has 142 valence electrons. The largest absolute Gasteiger partial charge is 0.457 e. The van der Waals surface area contributed by atoms with Crippen LogP contribution in [0, 0.1) is 0 Å². The number of nitrogens with zero attached hydrogens (tertiary/aromatic N) is 2. The molecule has 0 bridgehead atoms. The van der Waals surface area contributed by atoms with Gasteiger partial charge in [0.25, 0.3) is 5.91 Å². The molecule has 2 aromatic heterocycles. The minimum absolute atomic E-state index is 0.114. The first kappa shape index (κ1) is 17.8. The number of H-pyrrole nitrogens is 1. The topological polar surface area (TPSA) is 86.6 Å². The lowest BCUT2D eigenvalue weighted by molar-refractivity contribution is -0.127. The SMILES string of the molecule is O=C(C=Cc1cc2ccccc2o1)N1CCN(C(=O)c2ccc(=O)[nH]c2)CC1. The third-order valence-electron chi connectivity index (χ3n) is 4.74. The van der Waals surface area contributed by atoms with Crippen LogP contribution in [0.3, 0.4) is 0 Å². The highest BCUT2D eigenvalue weighted by molar-refractivity contribution is 5.95. The van der Waals surface area contributed by atoms with Gasteiger partial charge in [-0.15, -0.1) is 0 Å². The first-order valence-electron chi connectivity index (χ1n) is 9.04. The maximum Gasteiger partial charge on any atom is 0.255 e. The molecule has 0 aliphatic carbocycles. The summed E-state index contributed by atoms with van der Waals surface area (Å²) in [5.41, 5.74) is 0.969. The number of amides is 2. The summed E-state index contributed by atoms with van der Waals surface area (Å²) in [7, 11) is 0. The summed E-state index contributed by atoms with van der Waals surface area (Å²) in [4.78, 5) is 41.9. The van der Waals surface area contributed by atoms with Crippen molar-refractivity contribution in [2.75, 3.05) is 26.2 Å². The number of fused-ring (bicyclic) bond motifs is 1. The fourth-order valence-electron chi connectivity index (χ4n) is 3.20. The van der Waals surface area contributed by atoms with Crippen molar-refractivity contribution in [3.8, 4) is 0 Å². The minimum atomic E-state index is -0.247. The molecule has 1 N–H and O–H groups in total. The van der Waals surface area contributed by atoms with Gasteiger partial charge in [0.05, 0.1) is 5.56 Å². The van der Waals surface area contributed by atoms with E-state index in [4.69, 9.17) is 4.42 Å². The third-order valence-corrected chi connectivity index (χ3v) is 4.74. The highest BCUT2D eigenvalue weighted by Gasteiger charge is 2.24. The normalized spacial score (nSPS) is 14.7. The molecule has 1 aliphatic heterocycles. The fraction of sp³-hybridized carbons (Fsp3) is 0.190. The Labute approximate surface area is 160 Å². The highest BCUT2D eigenvalue weighted by atomic mass is 16.3. The number of hydrogen-bond acceptors (Lipinski definition) is 4. The highest BCUT2D eigenvalue weighted by Crippen LogP contribution is 2.19. The lowest BCUT2D eigenvalue weighted by Crippen LogP contribution is -2.50. The molecule has 3 heterocycles. The molecule has 1 saturated heterocycles. The Kier molecular flexibility index (Phi) is 4.80. The molecule has 7 nitrogen and oxygen atoms in total. The van der Waals surface area contributed by atoms with Crippen molar-refractivity contribution in [1.29, 1.82) is 0 Å². The molecule has 0 atom stereocenters. The smallest absolute Gasteiger partial charge is 0.255 e. The van der Waals surface area contributed by atoms with Gasteiger partial charge in [-0.25, -0.2) is 0 Å². The van der Waals surface area contributed by atoms with E-state index in [1.54, 1.807) is 15.9 Å². The number of aromatic nitrogens is 1. The summed E-state index contributed by atoms with van der Waals surface area (Å²) in [6, 6.07) is 12.4. The molecule has 0 unspecified atom stereocenters. The molecule has 1 aromatic carbocycles. The summed E-state index contributed by atoms with van der Waals surface area (Å²) in [6.45, 7) is 1.81. The van der Waals surface area contributed by atoms with Crippen LogP contribution >= 0.6 is 0 Å². The molecule has 1 fully saturated rings. The maximum absolute atomic E-state index is 12.5. The van der Waals surface area contributed by atoms with Crippen LogP contribution in [0.1, 0.15) is 16.1 Å². The molecule has 28 heavy (non-hydrogen) atoms. The number of piperazine rings is 1. The average Bonchev–Trinajstić information content (AvgIpc) is 3.15. The van der Waals surface area contributed by atoms with Gasteiger partial charge in [-0.05, 0) is 24.3 Å².